The molecule has 0 spiro atoms. The van der Waals surface area contributed by atoms with E-state index in [1.807, 2.05) is 0 Å². The van der Waals surface area contributed by atoms with Crippen molar-refractivity contribution in [2.75, 3.05) is 6.61 Å². The summed E-state index contributed by atoms with van der Waals surface area (Å²) in [5.74, 6) is 0. The fourth-order valence-electron chi connectivity index (χ4n) is 5.14. The van der Waals surface area contributed by atoms with Crippen molar-refractivity contribution in [2.45, 2.75) is 147 Å². The molecule has 53 heavy (non-hydrogen) atoms. The van der Waals surface area contributed by atoms with Gasteiger partial charge in [-0.05, 0) is 86.1 Å². The molecule has 3 fully saturated rings. The van der Waals surface area contributed by atoms with Crippen molar-refractivity contribution in [1.82, 2.24) is 0 Å². The molecule has 0 unspecified atom stereocenters. The zero-order valence-electron chi connectivity index (χ0n) is 31.1. The second kappa shape index (κ2) is 36.9. The summed E-state index contributed by atoms with van der Waals surface area (Å²) < 4.78 is 89.8. The first-order valence-electron chi connectivity index (χ1n) is 14.7. The molecule has 3 saturated heterocycles. The molecule has 7 atom stereocenters. The molecule has 0 amide bonds. The van der Waals surface area contributed by atoms with Crippen molar-refractivity contribution in [1.29, 1.82) is 0 Å². The fourth-order valence-corrected chi connectivity index (χ4v) is 5.74. The third-order valence-electron chi connectivity index (χ3n) is 7.18. The predicted octanol–water partition coefficient (Wildman–Crippen LogP) is 4.85. The van der Waals surface area contributed by atoms with E-state index in [2.05, 4.69) is 98.5 Å². The quantitative estimate of drug-likeness (QED) is 0.161. The molecule has 3 aliphatic rings. The van der Waals surface area contributed by atoms with Crippen molar-refractivity contribution < 1.29 is 104 Å². The van der Waals surface area contributed by atoms with Gasteiger partial charge in [0.05, 0.1) is 43.7 Å². The largest absolute Gasteiger partial charge is 0 e. The van der Waals surface area contributed by atoms with E-state index in [1.54, 1.807) is 27.7 Å². The van der Waals surface area contributed by atoms with Crippen LogP contribution < -0.4 is 0 Å². The minimum Gasteiger partial charge on any atom is 0 e. The Morgan fingerprint density at radius 1 is 0.736 bits per heavy atom. The maximum Gasteiger partial charge on any atom is 0 e. The second-order valence-corrected chi connectivity index (χ2v) is 18.0. The molecule has 0 aromatic carbocycles. The number of aliphatic hydroxyl groups is 1. The Labute approximate surface area is 335 Å². The molecule has 15 nitrogen and oxygen atoms in total. The number of ether oxygens (including phenoxy) is 5. The first-order valence-corrected chi connectivity index (χ1v) is 18.2. The van der Waals surface area contributed by atoms with Gasteiger partial charge in [-0.15, -0.1) is 0 Å². The Balaban J connectivity index is -0.000000166. The molecule has 0 aromatic heterocycles. The van der Waals surface area contributed by atoms with Crippen LogP contribution in [0.15, 0.2) is 0 Å². The monoisotopic (exact) mass is 852 g/mol. The molecule has 298 valence electrons. The summed E-state index contributed by atoms with van der Waals surface area (Å²) in [6.07, 6.45) is 7.12. The van der Waals surface area contributed by atoms with E-state index in [9.17, 15) is 9.90 Å². The Bertz CT molecular complexity index is 1080. The van der Waals surface area contributed by atoms with E-state index in [0.29, 0.717) is 6.42 Å². The van der Waals surface area contributed by atoms with E-state index < -0.39 is 37.1 Å². The van der Waals surface area contributed by atoms with Gasteiger partial charge in [0.1, 0.15) is 17.8 Å². The zero-order chi connectivity index (χ0) is 42.3. The maximum absolute atomic E-state index is 11.9. The summed E-state index contributed by atoms with van der Waals surface area (Å²) in [5, 5.41) is 11.0. The number of carbonyl (C=O) groups excluding carboxylic acids is 1. The molecule has 18 heteroatoms. The molecular formula is C35H46Co2O15Si. The second-order valence-electron chi connectivity index (χ2n) is 13.2. The number of hydrogen-bond donors (Lipinski definition) is 1. The van der Waals surface area contributed by atoms with Crippen LogP contribution in [0.3, 0.4) is 0 Å². The van der Waals surface area contributed by atoms with Gasteiger partial charge in [0, 0.05) is 33.6 Å². The minimum absolute atomic E-state index is 0. The summed E-state index contributed by atoms with van der Waals surface area (Å²) in [4.78, 5) is 11.9. The van der Waals surface area contributed by atoms with Gasteiger partial charge in [0.2, 0.25) is 0 Å². The topological polar surface area (TPSA) is 243 Å². The van der Waals surface area contributed by atoms with Crippen LogP contribution in [0, 0.1) is 65.0 Å². The molecule has 1 N–H and O–H groups in total. The third kappa shape index (κ3) is 28.1. The standard InChI is InChI=1S/C27H46O7Si.8CO.2Co/c1-24(2,3)34-23(28)30-18-25(4,29)20-13-16-27(6,33-20)22-11-10-21(31-22)26(5)15-12-19(32-26)14-17-35(7,8)9;8*1-2;;/h19-22,29H,10-13,15-16,18H2,1-9H3;;;;;;;;;;/t19-,20+,21+,22-,25-,26-,27+;;;;;;;;;;/m1........../s1. The van der Waals surface area contributed by atoms with Crippen molar-refractivity contribution >= 4 is 14.2 Å². The van der Waals surface area contributed by atoms with E-state index in [-0.39, 0.29) is 64.1 Å². The number of rotatable bonds is 7. The average molecular weight is 853 g/mol. The molecule has 3 aliphatic heterocycles. The molecule has 4 radical (unpaired) electrons. The van der Waals surface area contributed by atoms with Crippen LogP contribution in [-0.4, -0.2) is 72.8 Å². The molecule has 0 bridgehead atoms. The Hall–Kier alpha value is -2.00. The fraction of sp³-hybridized carbons (Fsp3) is 0.686. The zero-order valence-corrected chi connectivity index (χ0v) is 34.2. The average Bonchev–Trinajstić information content (AvgIpc) is 3.90. The van der Waals surface area contributed by atoms with Gasteiger partial charge in [-0.25, -0.2) is 4.79 Å². The first kappa shape index (κ1) is 69.0. The summed E-state index contributed by atoms with van der Waals surface area (Å²) in [5.41, 5.74) is 0.613. The summed E-state index contributed by atoms with van der Waals surface area (Å²) in [6, 6.07) is 0. The molecule has 0 saturated carbocycles. The number of carbonyl (C=O) groups is 1. The minimum atomic E-state index is -1.43. The Kier molecular flexibility index (Phi) is 48.1. The van der Waals surface area contributed by atoms with Crippen LogP contribution in [-0.2, 0) is 94.5 Å². The normalized spacial score (nSPS) is 25.5. The van der Waals surface area contributed by atoms with Crippen molar-refractivity contribution in [2.24, 2.45) is 0 Å². The van der Waals surface area contributed by atoms with Gasteiger partial charge in [-0.2, -0.15) is 0 Å². The van der Waals surface area contributed by atoms with Gasteiger partial charge in [0.15, 0.2) is 0 Å². The first-order chi connectivity index (χ1) is 23.9. The third-order valence-corrected chi connectivity index (χ3v) is 8.08. The van der Waals surface area contributed by atoms with Crippen LogP contribution in [0.1, 0.15) is 80.1 Å². The van der Waals surface area contributed by atoms with Crippen molar-refractivity contribution in [3.8, 4) is 0 Å². The number of hydrogen-bond acceptors (Lipinski definition) is 7. The molecule has 3 heterocycles. The van der Waals surface area contributed by atoms with Gasteiger partial charge in [-0.3, -0.25) is 0 Å². The molecule has 0 aromatic rings. The van der Waals surface area contributed by atoms with Crippen LogP contribution in [0.5, 0.6) is 0 Å². The Morgan fingerprint density at radius 3 is 1.49 bits per heavy atom. The molecule has 0 aliphatic carbocycles. The van der Waals surface area contributed by atoms with Crippen LogP contribution in [0.4, 0.5) is 4.79 Å². The molecular weight excluding hydrogens is 806 g/mol. The van der Waals surface area contributed by atoms with E-state index >= 15 is 0 Å². The van der Waals surface area contributed by atoms with E-state index in [1.165, 1.54) is 0 Å². The smallest absolute Gasteiger partial charge is 0 e. The summed E-state index contributed by atoms with van der Waals surface area (Å²) in [6.45, 7) is 53.7. The predicted molar refractivity (Wildman–Crippen MR) is 167 cm³/mol. The van der Waals surface area contributed by atoms with Crippen LogP contribution in [0.2, 0.25) is 19.6 Å². The molecule has 3 rings (SSSR count). The van der Waals surface area contributed by atoms with E-state index in [4.69, 9.17) is 60.9 Å². The van der Waals surface area contributed by atoms with Crippen LogP contribution >= 0.6 is 0 Å². The van der Waals surface area contributed by atoms with E-state index in [0.717, 1.165) is 32.1 Å². The Morgan fingerprint density at radius 2 is 1.11 bits per heavy atom. The SMILES string of the molecule is CC(C)(C)OC(=O)OC[C@@](C)(O)[C@@H]1CC[C@@](C)([C@H]2CC[C@@H]([C@@]3(C)CC[C@H]([C]=[C][Si](C)(C)C)O3)O2)O1.[C-]#[O+].[C-]#[O+].[C-]#[O+].[C-]#[O+].[C-]#[O+].[C-]#[O+].[C-]#[O+].[C-]#[O+].[Co].[Co]. The van der Waals surface area contributed by atoms with Crippen molar-refractivity contribution in [3.63, 3.8) is 0 Å². The van der Waals surface area contributed by atoms with Gasteiger partial charge in [0.25, 0.3) is 0 Å². The van der Waals surface area contributed by atoms with Gasteiger partial charge < -0.3 is 28.8 Å². The van der Waals surface area contributed by atoms with Gasteiger partial charge >= 0.3 is 96.6 Å². The van der Waals surface area contributed by atoms with Crippen molar-refractivity contribution in [3.05, 3.63) is 65.0 Å². The summed E-state index contributed by atoms with van der Waals surface area (Å²) in [7, 11) is -1.43. The summed E-state index contributed by atoms with van der Waals surface area (Å²) >= 11 is 0. The van der Waals surface area contributed by atoms with Crippen LogP contribution in [0.25, 0.3) is 0 Å². The van der Waals surface area contributed by atoms with Gasteiger partial charge in [-0.1, -0.05) is 25.3 Å². The maximum atomic E-state index is 11.9.